The zero-order valence-corrected chi connectivity index (χ0v) is 14.0. The minimum atomic E-state index is -1.22. The fourth-order valence-electron chi connectivity index (χ4n) is 2.35. The molecule has 0 radical (unpaired) electrons. The summed E-state index contributed by atoms with van der Waals surface area (Å²) in [7, 11) is 1.37. The second kappa shape index (κ2) is 7.15. The summed E-state index contributed by atoms with van der Waals surface area (Å²) in [4.78, 5) is 12.4. The lowest BCUT2D eigenvalue weighted by Gasteiger charge is -2.29. The van der Waals surface area contributed by atoms with Crippen molar-refractivity contribution < 1.29 is 23.8 Å². The molecule has 0 fully saturated rings. The van der Waals surface area contributed by atoms with Crippen molar-refractivity contribution in [2.75, 3.05) is 7.11 Å². The van der Waals surface area contributed by atoms with Crippen LogP contribution in [0.25, 0.3) is 11.0 Å². The Labute approximate surface area is 136 Å². The minimum Gasteiger partial charge on any atom is -0.458 e. The molecule has 0 spiro atoms. The molecule has 0 saturated heterocycles. The summed E-state index contributed by atoms with van der Waals surface area (Å²) in [6.07, 6.45) is -0.982. The van der Waals surface area contributed by atoms with Gasteiger partial charge >= 0.3 is 5.97 Å². The fraction of sp³-hybridized carbons (Fsp3) is 0.500. The summed E-state index contributed by atoms with van der Waals surface area (Å²) in [5.74, 6) is -0.309. The van der Waals surface area contributed by atoms with Gasteiger partial charge in [0.1, 0.15) is 23.0 Å². The number of esters is 1. The van der Waals surface area contributed by atoms with Crippen molar-refractivity contribution in [3.8, 4) is 0 Å². The maximum atomic E-state index is 12.4. The van der Waals surface area contributed by atoms with Gasteiger partial charge in [-0.25, -0.2) is 4.79 Å². The van der Waals surface area contributed by atoms with E-state index in [1.165, 1.54) is 7.11 Å². The summed E-state index contributed by atoms with van der Waals surface area (Å²) in [6.45, 7) is 5.77. The van der Waals surface area contributed by atoms with Crippen molar-refractivity contribution in [1.82, 2.24) is 0 Å². The molecule has 0 unspecified atom stereocenters. The minimum absolute atomic E-state index is 0.282. The van der Waals surface area contributed by atoms with Crippen molar-refractivity contribution in [2.24, 2.45) is 0 Å². The van der Waals surface area contributed by atoms with Crippen LogP contribution in [0.3, 0.4) is 0 Å². The Morgan fingerprint density at radius 1 is 1.30 bits per heavy atom. The largest absolute Gasteiger partial charge is 0.458 e. The van der Waals surface area contributed by atoms with Crippen LogP contribution in [-0.4, -0.2) is 29.9 Å². The van der Waals surface area contributed by atoms with Gasteiger partial charge in [-0.3, -0.25) is 0 Å². The number of methoxy groups -OCH3 is 1. The zero-order chi connectivity index (χ0) is 17.0. The molecule has 2 aromatic rings. The molecular weight excluding hydrogens is 296 g/mol. The van der Waals surface area contributed by atoms with Gasteiger partial charge in [0.25, 0.3) is 0 Å². The van der Waals surface area contributed by atoms with Crippen LogP contribution in [0.4, 0.5) is 0 Å². The highest BCUT2D eigenvalue weighted by molar-refractivity contribution is 5.79. The molecule has 1 heterocycles. The molecule has 0 saturated carbocycles. The highest BCUT2D eigenvalue weighted by Crippen LogP contribution is 2.29. The van der Waals surface area contributed by atoms with Crippen LogP contribution in [0.5, 0.6) is 0 Å². The molecule has 126 valence electrons. The van der Waals surface area contributed by atoms with Gasteiger partial charge in [-0.1, -0.05) is 32.0 Å². The monoisotopic (exact) mass is 320 g/mol. The van der Waals surface area contributed by atoms with Gasteiger partial charge in [-0.15, -0.1) is 0 Å². The fourth-order valence-corrected chi connectivity index (χ4v) is 2.35. The van der Waals surface area contributed by atoms with Crippen LogP contribution >= 0.6 is 0 Å². The van der Waals surface area contributed by atoms with E-state index in [1.54, 1.807) is 12.1 Å². The molecule has 0 bridgehead atoms. The number of aliphatic hydroxyl groups is 1. The van der Waals surface area contributed by atoms with Crippen molar-refractivity contribution in [2.45, 2.75) is 51.4 Å². The molecule has 5 nitrogen and oxygen atoms in total. The Morgan fingerprint density at radius 2 is 1.96 bits per heavy atom. The van der Waals surface area contributed by atoms with Crippen LogP contribution < -0.4 is 0 Å². The third kappa shape index (κ3) is 3.74. The summed E-state index contributed by atoms with van der Waals surface area (Å²) in [5, 5.41) is 11.3. The average Bonchev–Trinajstić information content (AvgIpc) is 2.99. The molecule has 1 aromatic heterocycles. The van der Waals surface area contributed by atoms with Gasteiger partial charge < -0.3 is 19.0 Å². The topological polar surface area (TPSA) is 68.9 Å². The van der Waals surface area contributed by atoms with Crippen molar-refractivity contribution in [3.05, 3.63) is 36.1 Å². The first-order chi connectivity index (χ1) is 10.9. The molecule has 5 heteroatoms. The number of ether oxygens (including phenoxy) is 2. The van der Waals surface area contributed by atoms with Crippen LogP contribution in [-0.2, 0) is 14.3 Å². The van der Waals surface area contributed by atoms with Gasteiger partial charge in [-0.05, 0) is 31.9 Å². The predicted octanol–water partition coefficient (Wildman–Crippen LogP) is 3.60. The molecule has 2 rings (SSSR count). The first-order valence-corrected chi connectivity index (χ1v) is 7.86. The molecule has 1 N–H and O–H groups in total. The van der Waals surface area contributed by atoms with Crippen LogP contribution in [0, 0.1) is 0 Å². The van der Waals surface area contributed by atoms with E-state index in [-0.39, 0.29) is 5.76 Å². The number of hydrogen-bond donors (Lipinski definition) is 1. The number of furan rings is 1. The number of rotatable bonds is 7. The Hall–Kier alpha value is -1.85. The van der Waals surface area contributed by atoms with E-state index in [2.05, 4.69) is 0 Å². The lowest BCUT2D eigenvalue weighted by Crippen LogP contribution is -2.39. The standard InChI is InChI=1S/C18H24O5/c1-5-18(3,6-2)23-17(20)16(21-4)15(19)14-11-12-9-7-8-10-13(12)22-14/h7-11,15-16,19H,5-6H2,1-4H3/t15-,16+/m1/s1. The summed E-state index contributed by atoms with van der Waals surface area (Å²) in [5.41, 5.74) is 0.0818. The van der Waals surface area contributed by atoms with Gasteiger partial charge in [0.2, 0.25) is 0 Å². The molecule has 0 aliphatic carbocycles. The van der Waals surface area contributed by atoms with Gasteiger partial charge in [0.15, 0.2) is 6.10 Å². The van der Waals surface area contributed by atoms with E-state index in [1.807, 2.05) is 39.0 Å². The van der Waals surface area contributed by atoms with E-state index in [0.29, 0.717) is 18.4 Å². The number of para-hydroxylation sites is 1. The Morgan fingerprint density at radius 3 is 2.52 bits per heavy atom. The second-order valence-electron chi connectivity index (χ2n) is 5.87. The zero-order valence-electron chi connectivity index (χ0n) is 14.0. The second-order valence-corrected chi connectivity index (χ2v) is 5.87. The van der Waals surface area contributed by atoms with Gasteiger partial charge in [-0.2, -0.15) is 0 Å². The van der Waals surface area contributed by atoms with E-state index in [0.717, 1.165) is 5.39 Å². The van der Waals surface area contributed by atoms with Gasteiger partial charge in [0, 0.05) is 12.5 Å². The maximum absolute atomic E-state index is 12.4. The number of carbonyl (C=O) groups is 1. The molecule has 2 atom stereocenters. The van der Waals surface area contributed by atoms with Crippen LogP contribution in [0.2, 0.25) is 0 Å². The lowest BCUT2D eigenvalue weighted by molar-refractivity contribution is -0.178. The third-order valence-electron chi connectivity index (χ3n) is 4.35. The SMILES string of the molecule is CCC(C)(CC)OC(=O)[C@@H](OC)[C@H](O)c1cc2ccccc2o1. The van der Waals surface area contributed by atoms with E-state index >= 15 is 0 Å². The van der Waals surface area contributed by atoms with E-state index in [9.17, 15) is 9.90 Å². The Balaban J connectivity index is 2.20. The first-order valence-electron chi connectivity index (χ1n) is 7.86. The normalized spacial score (nSPS) is 14.7. The molecular formula is C18H24O5. The van der Waals surface area contributed by atoms with Crippen LogP contribution in [0.15, 0.2) is 34.7 Å². The lowest BCUT2D eigenvalue weighted by atomic mass is 10.00. The Kier molecular flexibility index (Phi) is 5.44. The number of fused-ring (bicyclic) bond motifs is 1. The highest BCUT2D eigenvalue weighted by Gasteiger charge is 2.35. The molecule has 23 heavy (non-hydrogen) atoms. The quantitative estimate of drug-likeness (QED) is 0.789. The number of aliphatic hydroxyl groups excluding tert-OH is 1. The summed E-state index contributed by atoms with van der Waals surface area (Å²) < 4.78 is 16.3. The highest BCUT2D eigenvalue weighted by atomic mass is 16.6. The average molecular weight is 320 g/mol. The smallest absolute Gasteiger partial charge is 0.339 e. The number of benzene rings is 1. The predicted molar refractivity (Wildman–Crippen MR) is 87.0 cm³/mol. The molecule has 0 aliphatic rings. The van der Waals surface area contributed by atoms with E-state index < -0.39 is 23.8 Å². The number of carbonyl (C=O) groups excluding carboxylic acids is 1. The molecule has 0 aliphatic heterocycles. The summed E-state index contributed by atoms with van der Waals surface area (Å²) in [6, 6.07) is 9.11. The maximum Gasteiger partial charge on any atom is 0.339 e. The van der Waals surface area contributed by atoms with Crippen molar-refractivity contribution in [1.29, 1.82) is 0 Å². The van der Waals surface area contributed by atoms with Gasteiger partial charge in [0.05, 0.1) is 0 Å². The molecule has 1 aromatic carbocycles. The molecule has 0 amide bonds. The van der Waals surface area contributed by atoms with Crippen molar-refractivity contribution >= 4 is 16.9 Å². The van der Waals surface area contributed by atoms with Crippen LogP contribution in [0.1, 0.15) is 45.5 Å². The third-order valence-corrected chi connectivity index (χ3v) is 4.35. The number of hydrogen-bond acceptors (Lipinski definition) is 5. The summed E-state index contributed by atoms with van der Waals surface area (Å²) >= 11 is 0. The van der Waals surface area contributed by atoms with E-state index in [4.69, 9.17) is 13.9 Å². The Bertz CT molecular complexity index is 623. The van der Waals surface area contributed by atoms with Crippen molar-refractivity contribution in [3.63, 3.8) is 0 Å². The first kappa shape index (κ1) is 17.5.